The van der Waals surface area contributed by atoms with Crippen molar-refractivity contribution < 1.29 is 0 Å². The second-order valence-corrected chi connectivity index (χ2v) is 2.98. The van der Waals surface area contributed by atoms with E-state index in [1.54, 1.807) is 0 Å². The second kappa shape index (κ2) is 3.05. The Morgan fingerprint density at radius 3 is 3.09 bits per heavy atom. The Morgan fingerprint density at radius 2 is 2.45 bits per heavy atom. The van der Waals surface area contributed by atoms with Crippen LogP contribution in [0.5, 0.6) is 0 Å². The van der Waals surface area contributed by atoms with E-state index in [4.69, 9.17) is 0 Å². The van der Waals surface area contributed by atoms with Gasteiger partial charge in [-0.1, -0.05) is 6.42 Å². The number of H-pyrrole nitrogens is 1. The highest BCUT2D eigenvalue weighted by Gasteiger charge is 2.15. The lowest BCUT2D eigenvalue weighted by Gasteiger charge is -2.21. The normalized spacial score (nSPS) is 25.3. The zero-order chi connectivity index (χ0) is 7.52. The van der Waals surface area contributed by atoms with Crippen molar-refractivity contribution in [3.8, 4) is 0 Å². The predicted molar refractivity (Wildman–Crippen MR) is 43.2 cm³/mol. The molecule has 0 aromatic carbocycles. The molecule has 1 saturated heterocycles. The van der Waals surface area contributed by atoms with Crippen LogP contribution in [0.25, 0.3) is 0 Å². The fourth-order valence-electron chi connectivity index (χ4n) is 1.55. The molecule has 2 heterocycles. The van der Waals surface area contributed by atoms with Gasteiger partial charge in [-0.15, -0.1) is 0 Å². The van der Waals surface area contributed by atoms with Crippen LogP contribution in [-0.2, 0) is 0 Å². The molecule has 2 N–H and O–H groups in total. The van der Waals surface area contributed by atoms with Crippen molar-refractivity contribution in [1.82, 2.24) is 15.3 Å². The van der Waals surface area contributed by atoms with Crippen LogP contribution in [0.2, 0.25) is 0 Å². The van der Waals surface area contributed by atoms with Crippen LogP contribution < -0.4 is 5.32 Å². The molecule has 1 aliphatic rings. The minimum absolute atomic E-state index is 0.471. The molecule has 1 fully saturated rings. The Labute approximate surface area is 66.2 Å². The molecule has 1 aromatic rings. The van der Waals surface area contributed by atoms with Gasteiger partial charge in [0.15, 0.2) is 0 Å². The van der Waals surface area contributed by atoms with Gasteiger partial charge < -0.3 is 10.3 Å². The molecule has 11 heavy (non-hydrogen) atoms. The third-order valence-electron chi connectivity index (χ3n) is 2.16. The number of nitrogens with one attached hydrogen (secondary N) is 2. The van der Waals surface area contributed by atoms with E-state index >= 15 is 0 Å². The first-order valence-electron chi connectivity index (χ1n) is 4.19. The molecule has 0 radical (unpaired) electrons. The molecule has 3 nitrogen and oxygen atoms in total. The summed E-state index contributed by atoms with van der Waals surface area (Å²) in [6.07, 6.45) is 7.53. The average molecular weight is 151 g/mol. The number of nitrogens with zero attached hydrogens (tertiary/aromatic N) is 1. The van der Waals surface area contributed by atoms with Crippen LogP contribution in [0.15, 0.2) is 12.4 Å². The van der Waals surface area contributed by atoms with Gasteiger partial charge in [0, 0.05) is 12.4 Å². The molecule has 0 saturated carbocycles. The molecule has 1 atom stereocenters. The number of hydrogen-bond donors (Lipinski definition) is 2. The van der Waals surface area contributed by atoms with Crippen LogP contribution >= 0.6 is 0 Å². The van der Waals surface area contributed by atoms with Crippen molar-refractivity contribution in [1.29, 1.82) is 0 Å². The quantitative estimate of drug-likeness (QED) is 0.633. The average Bonchev–Trinajstić information content (AvgIpc) is 2.58. The van der Waals surface area contributed by atoms with E-state index in [1.165, 1.54) is 19.3 Å². The second-order valence-electron chi connectivity index (χ2n) is 2.98. The maximum absolute atomic E-state index is 4.22. The molecule has 0 aliphatic carbocycles. The van der Waals surface area contributed by atoms with Gasteiger partial charge in [0.05, 0.1) is 6.04 Å². The van der Waals surface area contributed by atoms with Gasteiger partial charge in [-0.05, 0) is 19.4 Å². The standard InChI is InChI=1S/C8H13N3/c1-2-4-9-7(3-1)8-10-5-6-11-8/h5-7,9H,1-4H2,(H,10,11). The van der Waals surface area contributed by atoms with Crippen LogP contribution in [0.1, 0.15) is 31.1 Å². The number of hydrogen-bond acceptors (Lipinski definition) is 2. The minimum atomic E-state index is 0.471. The Hall–Kier alpha value is -0.830. The first-order valence-corrected chi connectivity index (χ1v) is 4.19. The summed E-state index contributed by atoms with van der Waals surface area (Å²) in [4.78, 5) is 7.36. The van der Waals surface area contributed by atoms with E-state index in [2.05, 4.69) is 15.3 Å². The Morgan fingerprint density at radius 1 is 1.45 bits per heavy atom. The molecule has 2 rings (SSSR count). The summed E-state index contributed by atoms with van der Waals surface area (Å²) in [5.41, 5.74) is 0. The smallest absolute Gasteiger partial charge is 0.123 e. The van der Waals surface area contributed by atoms with Crippen molar-refractivity contribution in [2.24, 2.45) is 0 Å². The van der Waals surface area contributed by atoms with Gasteiger partial charge in [-0.25, -0.2) is 4.98 Å². The van der Waals surface area contributed by atoms with E-state index in [-0.39, 0.29) is 0 Å². The largest absolute Gasteiger partial charge is 0.347 e. The summed E-state index contributed by atoms with van der Waals surface area (Å²) >= 11 is 0. The van der Waals surface area contributed by atoms with Crippen LogP contribution in [0, 0.1) is 0 Å². The van der Waals surface area contributed by atoms with Gasteiger partial charge in [-0.2, -0.15) is 0 Å². The molecule has 0 spiro atoms. The van der Waals surface area contributed by atoms with E-state index in [9.17, 15) is 0 Å². The van der Waals surface area contributed by atoms with Gasteiger partial charge >= 0.3 is 0 Å². The minimum Gasteiger partial charge on any atom is -0.347 e. The third kappa shape index (κ3) is 1.43. The molecule has 1 unspecified atom stereocenters. The summed E-state index contributed by atoms with van der Waals surface area (Å²) < 4.78 is 0. The molecule has 0 amide bonds. The van der Waals surface area contributed by atoms with Gasteiger partial charge in [0.2, 0.25) is 0 Å². The molecular weight excluding hydrogens is 138 g/mol. The zero-order valence-electron chi connectivity index (χ0n) is 6.51. The van der Waals surface area contributed by atoms with Crippen molar-refractivity contribution >= 4 is 0 Å². The summed E-state index contributed by atoms with van der Waals surface area (Å²) in [5, 5.41) is 3.43. The van der Waals surface area contributed by atoms with E-state index in [0.717, 1.165) is 12.4 Å². The molecule has 1 aromatic heterocycles. The topological polar surface area (TPSA) is 40.7 Å². The van der Waals surface area contributed by atoms with E-state index in [0.29, 0.717) is 6.04 Å². The summed E-state index contributed by atoms with van der Waals surface area (Å²) in [6, 6.07) is 0.471. The lowest BCUT2D eigenvalue weighted by Crippen LogP contribution is -2.27. The maximum Gasteiger partial charge on any atom is 0.123 e. The summed E-state index contributed by atoms with van der Waals surface area (Å²) in [6.45, 7) is 1.13. The molecule has 0 bridgehead atoms. The summed E-state index contributed by atoms with van der Waals surface area (Å²) in [7, 11) is 0. The maximum atomic E-state index is 4.22. The highest BCUT2D eigenvalue weighted by Crippen LogP contribution is 2.18. The monoisotopic (exact) mass is 151 g/mol. The van der Waals surface area contributed by atoms with E-state index < -0.39 is 0 Å². The Kier molecular flexibility index (Phi) is 1.90. The highest BCUT2D eigenvalue weighted by molar-refractivity contribution is 4.96. The SMILES string of the molecule is c1c[nH]c(C2CCCCN2)n1. The third-order valence-corrected chi connectivity index (χ3v) is 2.16. The van der Waals surface area contributed by atoms with Gasteiger partial charge in [0.1, 0.15) is 5.82 Å². The Bertz CT molecular complexity index is 199. The van der Waals surface area contributed by atoms with Gasteiger partial charge in [-0.3, -0.25) is 0 Å². The van der Waals surface area contributed by atoms with Crippen LogP contribution in [0.4, 0.5) is 0 Å². The molecule has 60 valence electrons. The highest BCUT2D eigenvalue weighted by atomic mass is 15.0. The molecular formula is C8H13N3. The van der Waals surface area contributed by atoms with Crippen molar-refractivity contribution in [3.63, 3.8) is 0 Å². The van der Waals surface area contributed by atoms with Crippen molar-refractivity contribution in [2.75, 3.05) is 6.54 Å². The number of aromatic amines is 1. The summed E-state index contributed by atoms with van der Waals surface area (Å²) in [5.74, 6) is 1.09. The van der Waals surface area contributed by atoms with Crippen LogP contribution in [-0.4, -0.2) is 16.5 Å². The predicted octanol–water partition coefficient (Wildman–Crippen LogP) is 1.22. The van der Waals surface area contributed by atoms with Crippen molar-refractivity contribution in [2.45, 2.75) is 25.3 Å². The zero-order valence-corrected chi connectivity index (χ0v) is 6.51. The first kappa shape index (κ1) is 6.85. The fourth-order valence-corrected chi connectivity index (χ4v) is 1.55. The van der Waals surface area contributed by atoms with Crippen molar-refractivity contribution in [3.05, 3.63) is 18.2 Å². The lowest BCUT2D eigenvalue weighted by atomic mass is 10.0. The van der Waals surface area contributed by atoms with Crippen LogP contribution in [0.3, 0.4) is 0 Å². The first-order chi connectivity index (χ1) is 5.47. The fraction of sp³-hybridized carbons (Fsp3) is 0.625. The molecule has 1 aliphatic heterocycles. The van der Waals surface area contributed by atoms with Gasteiger partial charge in [0.25, 0.3) is 0 Å². The number of aromatic nitrogens is 2. The molecule has 3 heteroatoms. The number of piperidine rings is 1. The lowest BCUT2D eigenvalue weighted by molar-refractivity contribution is 0.399. The Balaban J connectivity index is 2.04. The number of imidazole rings is 1. The number of rotatable bonds is 1. The van der Waals surface area contributed by atoms with E-state index in [1.807, 2.05) is 12.4 Å².